The first kappa shape index (κ1) is 17.7. The number of rotatable bonds is 7. The minimum atomic E-state index is 0.439. The summed E-state index contributed by atoms with van der Waals surface area (Å²) in [6.45, 7) is 3.60. The Kier molecular flexibility index (Phi) is 6.03. The SMILES string of the molecule is CN=C(NCCCOc1ccc2ccccc2c1)NCc1nc(C)no1. The van der Waals surface area contributed by atoms with Crippen LogP contribution in [0.2, 0.25) is 0 Å². The van der Waals surface area contributed by atoms with Gasteiger partial charge in [0, 0.05) is 13.6 Å². The number of hydrogen-bond donors (Lipinski definition) is 2. The summed E-state index contributed by atoms with van der Waals surface area (Å²) in [7, 11) is 1.72. The normalized spacial score (nSPS) is 11.5. The lowest BCUT2D eigenvalue weighted by molar-refractivity contribution is 0.311. The highest BCUT2D eigenvalue weighted by atomic mass is 16.5. The van der Waals surface area contributed by atoms with E-state index >= 15 is 0 Å². The second kappa shape index (κ2) is 8.84. The van der Waals surface area contributed by atoms with E-state index in [1.165, 1.54) is 10.8 Å². The molecular weight excluding hydrogens is 330 g/mol. The van der Waals surface area contributed by atoms with Crippen LogP contribution in [-0.4, -0.2) is 36.3 Å². The molecule has 2 aromatic carbocycles. The predicted octanol–water partition coefficient (Wildman–Crippen LogP) is 2.67. The number of nitrogens with one attached hydrogen (secondary N) is 2. The molecule has 0 saturated heterocycles. The molecule has 0 aliphatic heterocycles. The van der Waals surface area contributed by atoms with Crippen molar-refractivity contribution in [3.05, 3.63) is 54.2 Å². The van der Waals surface area contributed by atoms with E-state index in [2.05, 4.69) is 50.0 Å². The van der Waals surface area contributed by atoms with Crippen LogP contribution in [0, 0.1) is 6.92 Å². The van der Waals surface area contributed by atoms with Crippen LogP contribution in [0.3, 0.4) is 0 Å². The summed E-state index contributed by atoms with van der Waals surface area (Å²) >= 11 is 0. The van der Waals surface area contributed by atoms with Crippen molar-refractivity contribution in [3.8, 4) is 5.75 Å². The van der Waals surface area contributed by atoms with Crippen LogP contribution in [0.1, 0.15) is 18.1 Å². The molecule has 0 aliphatic carbocycles. The lowest BCUT2D eigenvalue weighted by Crippen LogP contribution is -2.37. The van der Waals surface area contributed by atoms with E-state index in [9.17, 15) is 0 Å². The highest BCUT2D eigenvalue weighted by molar-refractivity contribution is 5.83. The molecule has 136 valence electrons. The molecule has 7 heteroatoms. The van der Waals surface area contributed by atoms with Gasteiger partial charge >= 0.3 is 0 Å². The molecule has 0 radical (unpaired) electrons. The third-order valence-corrected chi connectivity index (χ3v) is 3.80. The molecular formula is C19H23N5O2. The minimum absolute atomic E-state index is 0.439. The lowest BCUT2D eigenvalue weighted by atomic mass is 10.1. The second-order valence-electron chi connectivity index (χ2n) is 5.80. The Balaban J connectivity index is 1.37. The van der Waals surface area contributed by atoms with Gasteiger partial charge in [0.1, 0.15) is 5.75 Å². The van der Waals surface area contributed by atoms with Crippen LogP contribution in [0.5, 0.6) is 5.75 Å². The Hall–Kier alpha value is -3.09. The minimum Gasteiger partial charge on any atom is -0.494 e. The van der Waals surface area contributed by atoms with Gasteiger partial charge in [0.25, 0.3) is 0 Å². The summed E-state index contributed by atoms with van der Waals surface area (Å²) in [6, 6.07) is 14.4. The molecule has 1 heterocycles. The molecule has 0 aliphatic rings. The Bertz CT molecular complexity index is 875. The van der Waals surface area contributed by atoms with Crippen LogP contribution < -0.4 is 15.4 Å². The van der Waals surface area contributed by atoms with Crippen molar-refractivity contribution in [2.24, 2.45) is 4.99 Å². The van der Waals surface area contributed by atoms with Gasteiger partial charge in [-0.2, -0.15) is 4.98 Å². The van der Waals surface area contributed by atoms with Crippen molar-refractivity contribution in [2.45, 2.75) is 19.9 Å². The molecule has 2 N–H and O–H groups in total. The van der Waals surface area contributed by atoms with Crippen LogP contribution >= 0.6 is 0 Å². The Morgan fingerprint density at radius 1 is 1.15 bits per heavy atom. The van der Waals surface area contributed by atoms with Gasteiger partial charge in [-0.15, -0.1) is 0 Å². The summed E-state index contributed by atoms with van der Waals surface area (Å²) in [5, 5.41) is 12.5. The van der Waals surface area contributed by atoms with E-state index in [0.29, 0.717) is 30.8 Å². The van der Waals surface area contributed by atoms with E-state index in [0.717, 1.165) is 18.7 Å². The van der Waals surface area contributed by atoms with Crippen molar-refractivity contribution in [1.29, 1.82) is 0 Å². The van der Waals surface area contributed by atoms with E-state index in [-0.39, 0.29) is 0 Å². The fraction of sp³-hybridized carbons (Fsp3) is 0.316. The molecule has 0 spiro atoms. The summed E-state index contributed by atoms with van der Waals surface area (Å²) < 4.78 is 10.9. The smallest absolute Gasteiger partial charge is 0.246 e. The predicted molar refractivity (Wildman–Crippen MR) is 101 cm³/mol. The van der Waals surface area contributed by atoms with Crippen LogP contribution in [0.4, 0.5) is 0 Å². The second-order valence-corrected chi connectivity index (χ2v) is 5.80. The highest BCUT2D eigenvalue weighted by Crippen LogP contribution is 2.20. The molecule has 26 heavy (non-hydrogen) atoms. The fourth-order valence-corrected chi connectivity index (χ4v) is 2.52. The number of aryl methyl sites for hydroxylation is 1. The number of aliphatic imine (C=N–C) groups is 1. The largest absolute Gasteiger partial charge is 0.494 e. The molecule has 0 saturated carbocycles. The summed E-state index contributed by atoms with van der Waals surface area (Å²) in [5.74, 6) is 2.73. The number of guanidine groups is 1. The maximum absolute atomic E-state index is 5.83. The van der Waals surface area contributed by atoms with Gasteiger partial charge in [-0.3, -0.25) is 4.99 Å². The standard InChI is InChI=1S/C19H23N5O2/c1-14-23-18(26-24-14)13-22-19(20-2)21-10-5-11-25-17-9-8-15-6-3-4-7-16(15)12-17/h3-4,6-9,12H,5,10-11,13H2,1-2H3,(H2,20,21,22). The molecule has 0 fully saturated rings. The summed E-state index contributed by atoms with van der Waals surface area (Å²) in [6.07, 6.45) is 0.854. The lowest BCUT2D eigenvalue weighted by Gasteiger charge is -2.11. The van der Waals surface area contributed by atoms with E-state index in [1.54, 1.807) is 14.0 Å². The number of nitrogens with zero attached hydrogens (tertiary/aromatic N) is 3. The van der Waals surface area contributed by atoms with E-state index < -0.39 is 0 Å². The van der Waals surface area contributed by atoms with E-state index in [1.807, 2.05) is 18.2 Å². The molecule has 0 amide bonds. The molecule has 3 aromatic rings. The van der Waals surface area contributed by atoms with Gasteiger partial charge in [-0.1, -0.05) is 35.5 Å². The first-order valence-electron chi connectivity index (χ1n) is 8.60. The van der Waals surface area contributed by atoms with Crippen molar-refractivity contribution >= 4 is 16.7 Å². The first-order valence-corrected chi connectivity index (χ1v) is 8.60. The zero-order valence-corrected chi connectivity index (χ0v) is 15.0. The van der Waals surface area contributed by atoms with E-state index in [4.69, 9.17) is 9.26 Å². The Labute approximate surface area is 152 Å². The average Bonchev–Trinajstić information content (AvgIpc) is 3.09. The van der Waals surface area contributed by atoms with Crippen LogP contribution in [0.15, 0.2) is 52.0 Å². The molecule has 0 unspecified atom stereocenters. The fourth-order valence-electron chi connectivity index (χ4n) is 2.52. The number of hydrogen-bond acceptors (Lipinski definition) is 5. The molecule has 0 bridgehead atoms. The maximum atomic E-state index is 5.83. The highest BCUT2D eigenvalue weighted by Gasteiger charge is 2.04. The zero-order valence-electron chi connectivity index (χ0n) is 15.0. The molecule has 0 atom stereocenters. The molecule has 3 rings (SSSR count). The average molecular weight is 353 g/mol. The van der Waals surface area contributed by atoms with Crippen molar-refractivity contribution in [2.75, 3.05) is 20.2 Å². The molecule has 1 aromatic heterocycles. The quantitative estimate of drug-likeness (QED) is 0.386. The van der Waals surface area contributed by atoms with Crippen molar-refractivity contribution < 1.29 is 9.26 Å². The number of aromatic nitrogens is 2. The van der Waals surface area contributed by atoms with Crippen molar-refractivity contribution in [3.63, 3.8) is 0 Å². The van der Waals surface area contributed by atoms with Gasteiger partial charge in [-0.05, 0) is 36.2 Å². The first-order chi connectivity index (χ1) is 12.7. The summed E-state index contributed by atoms with van der Waals surface area (Å²) in [5.41, 5.74) is 0. The molecule has 7 nitrogen and oxygen atoms in total. The van der Waals surface area contributed by atoms with Crippen molar-refractivity contribution in [1.82, 2.24) is 20.8 Å². The Morgan fingerprint density at radius 2 is 2.00 bits per heavy atom. The van der Waals surface area contributed by atoms with Gasteiger partial charge < -0.3 is 19.9 Å². The zero-order chi connectivity index (χ0) is 18.2. The van der Waals surface area contributed by atoms with Gasteiger partial charge in [0.15, 0.2) is 11.8 Å². The topological polar surface area (TPSA) is 84.6 Å². The maximum Gasteiger partial charge on any atom is 0.246 e. The van der Waals surface area contributed by atoms with Gasteiger partial charge in [-0.25, -0.2) is 0 Å². The van der Waals surface area contributed by atoms with Crippen LogP contribution in [-0.2, 0) is 6.54 Å². The Morgan fingerprint density at radius 3 is 2.77 bits per heavy atom. The van der Waals surface area contributed by atoms with Gasteiger partial charge in [0.2, 0.25) is 5.89 Å². The van der Waals surface area contributed by atoms with Gasteiger partial charge in [0.05, 0.1) is 13.2 Å². The van der Waals surface area contributed by atoms with Crippen LogP contribution in [0.25, 0.3) is 10.8 Å². The number of ether oxygens (including phenoxy) is 1. The third-order valence-electron chi connectivity index (χ3n) is 3.80. The third kappa shape index (κ3) is 4.95. The number of benzene rings is 2. The number of fused-ring (bicyclic) bond motifs is 1. The monoisotopic (exact) mass is 353 g/mol. The summed E-state index contributed by atoms with van der Waals surface area (Å²) in [4.78, 5) is 8.30.